The molecule has 0 aliphatic carbocycles. The molecule has 0 amide bonds. The van der Waals surface area contributed by atoms with Crippen LogP contribution in [0, 0.1) is 11.6 Å². The maximum Gasteiger partial charge on any atom is 0.321 e. The molecule has 1 rings (SSSR count). The Morgan fingerprint density at radius 1 is 0.870 bits per heavy atom. The Hall–Kier alpha value is -0.783. The van der Waals surface area contributed by atoms with Crippen molar-refractivity contribution in [1.29, 1.82) is 0 Å². The number of rotatable bonds is 13. The molecule has 0 saturated heterocycles. The van der Waals surface area contributed by atoms with Gasteiger partial charge in [0.2, 0.25) is 0 Å². The summed E-state index contributed by atoms with van der Waals surface area (Å²) in [5, 5.41) is 0. The molecule has 0 spiro atoms. The third-order valence-electron chi connectivity index (χ3n) is 3.66. The molecule has 0 fully saturated rings. The van der Waals surface area contributed by atoms with Gasteiger partial charge in [-0.2, -0.15) is 0 Å². The molecular formula is C18H30F2O2Si. The summed E-state index contributed by atoms with van der Waals surface area (Å²) >= 11 is 0. The van der Waals surface area contributed by atoms with E-state index >= 15 is 0 Å². The van der Waals surface area contributed by atoms with Crippen molar-refractivity contribution in [1.82, 2.24) is 0 Å². The lowest BCUT2D eigenvalue weighted by Gasteiger charge is -2.16. The average molecular weight is 345 g/mol. The van der Waals surface area contributed by atoms with E-state index in [-0.39, 0.29) is 0 Å². The maximum absolute atomic E-state index is 13.1. The van der Waals surface area contributed by atoms with Crippen LogP contribution in [-0.4, -0.2) is 22.5 Å². The first-order valence-corrected chi connectivity index (χ1v) is 10.6. The van der Waals surface area contributed by atoms with Crippen LogP contribution in [0.15, 0.2) is 18.2 Å². The number of unbranched alkanes of at least 4 members (excludes halogenated alkanes) is 3. The summed E-state index contributed by atoms with van der Waals surface area (Å²) in [6.45, 7) is 5.83. The van der Waals surface area contributed by atoms with Gasteiger partial charge in [-0.1, -0.05) is 39.2 Å². The SMILES string of the molecule is CCCO[SiH](CCCCCCc1ccc(F)c(F)c1)OCCC. The van der Waals surface area contributed by atoms with Gasteiger partial charge in [-0.3, -0.25) is 0 Å². The van der Waals surface area contributed by atoms with Crippen LogP contribution in [0.1, 0.15) is 57.9 Å². The smallest absolute Gasteiger partial charge is 0.321 e. The third-order valence-corrected chi connectivity index (χ3v) is 5.75. The van der Waals surface area contributed by atoms with Crippen LogP contribution in [0.4, 0.5) is 8.78 Å². The van der Waals surface area contributed by atoms with Gasteiger partial charge in [0.25, 0.3) is 0 Å². The van der Waals surface area contributed by atoms with Crippen molar-refractivity contribution in [2.24, 2.45) is 0 Å². The molecule has 0 N–H and O–H groups in total. The van der Waals surface area contributed by atoms with Gasteiger partial charge in [0, 0.05) is 13.2 Å². The summed E-state index contributed by atoms with van der Waals surface area (Å²) in [5.41, 5.74) is 0.869. The van der Waals surface area contributed by atoms with E-state index in [1.54, 1.807) is 6.07 Å². The molecule has 0 atom stereocenters. The molecule has 0 saturated carbocycles. The second-order valence-electron chi connectivity index (χ2n) is 5.87. The van der Waals surface area contributed by atoms with E-state index in [0.717, 1.165) is 69.8 Å². The van der Waals surface area contributed by atoms with Crippen LogP contribution < -0.4 is 0 Å². The van der Waals surface area contributed by atoms with E-state index in [0.29, 0.717) is 0 Å². The molecule has 0 aromatic heterocycles. The third kappa shape index (κ3) is 9.18. The van der Waals surface area contributed by atoms with Gasteiger partial charge in [-0.05, 0) is 49.4 Å². The molecule has 0 radical (unpaired) electrons. The second kappa shape index (κ2) is 12.6. The average Bonchev–Trinajstić information content (AvgIpc) is 2.55. The normalized spacial score (nSPS) is 11.3. The topological polar surface area (TPSA) is 18.5 Å². The van der Waals surface area contributed by atoms with Gasteiger partial charge in [-0.25, -0.2) is 8.78 Å². The summed E-state index contributed by atoms with van der Waals surface area (Å²) < 4.78 is 37.6. The van der Waals surface area contributed by atoms with Gasteiger partial charge in [0.05, 0.1) is 0 Å². The van der Waals surface area contributed by atoms with E-state index in [9.17, 15) is 8.78 Å². The van der Waals surface area contributed by atoms with E-state index < -0.39 is 20.9 Å². The van der Waals surface area contributed by atoms with Crippen LogP contribution in [0.2, 0.25) is 6.04 Å². The molecule has 0 bridgehead atoms. The zero-order valence-electron chi connectivity index (χ0n) is 14.5. The summed E-state index contributed by atoms with van der Waals surface area (Å²) in [6.07, 6.45) is 7.24. The quantitative estimate of drug-likeness (QED) is 0.364. The Morgan fingerprint density at radius 2 is 1.52 bits per heavy atom. The fourth-order valence-electron chi connectivity index (χ4n) is 2.40. The molecule has 0 aliphatic heterocycles. The fourth-order valence-corrected chi connectivity index (χ4v) is 4.45. The monoisotopic (exact) mass is 344 g/mol. The number of hydrogen-bond acceptors (Lipinski definition) is 2. The minimum atomic E-state index is -1.48. The lowest BCUT2D eigenvalue weighted by molar-refractivity contribution is 0.195. The minimum Gasteiger partial charge on any atom is -0.397 e. The van der Waals surface area contributed by atoms with Crippen molar-refractivity contribution in [2.75, 3.05) is 13.2 Å². The largest absolute Gasteiger partial charge is 0.397 e. The van der Waals surface area contributed by atoms with Crippen LogP contribution in [-0.2, 0) is 15.3 Å². The van der Waals surface area contributed by atoms with Crippen LogP contribution in [0.3, 0.4) is 0 Å². The van der Waals surface area contributed by atoms with E-state index in [4.69, 9.17) is 8.85 Å². The minimum absolute atomic E-state index is 0.752. The highest BCUT2D eigenvalue weighted by Gasteiger charge is 2.12. The van der Waals surface area contributed by atoms with E-state index in [2.05, 4.69) is 13.8 Å². The first-order chi connectivity index (χ1) is 11.2. The molecule has 5 heteroatoms. The van der Waals surface area contributed by atoms with Crippen molar-refractivity contribution in [3.63, 3.8) is 0 Å². The number of hydrogen-bond donors (Lipinski definition) is 0. The molecule has 132 valence electrons. The summed E-state index contributed by atoms with van der Waals surface area (Å²) in [4.78, 5) is 0. The molecule has 1 aromatic rings. The number of halogens is 2. The first-order valence-electron chi connectivity index (χ1n) is 8.84. The molecule has 1 aromatic carbocycles. The van der Waals surface area contributed by atoms with Crippen LogP contribution in [0.25, 0.3) is 0 Å². The number of aryl methyl sites for hydroxylation is 1. The summed E-state index contributed by atoms with van der Waals surface area (Å²) in [5.74, 6) is -1.53. The maximum atomic E-state index is 13.1. The first kappa shape index (κ1) is 20.3. The molecule has 23 heavy (non-hydrogen) atoms. The van der Waals surface area contributed by atoms with Crippen molar-refractivity contribution in [2.45, 2.75) is 64.8 Å². The molecular weight excluding hydrogens is 314 g/mol. The van der Waals surface area contributed by atoms with Gasteiger partial charge < -0.3 is 8.85 Å². The zero-order valence-corrected chi connectivity index (χ0v) is 15.6. The molecule has 2 nitrogen and oxygen atoms in total. The summed E-state index contributed by atoms with van der Waals surface area (Å²) in [6, 6.07) is 5.23. The zero-order chi connectivity index (χ0) is 16.9. The Labute approximate surface area is 141 Å². The summed E-state index contributed by atoms with van der Waals surface area (Å²) in [7, 11) is -1.48. The Bertz CT molecular complexity index is 421. The Balaban J connectivity index is 2.13. The lowest BCUT2D eigenvalue weighted by Crippen LogP contribution is -2.23. The highest BCUT2D eigenvalue weighted by atomic mass is 28.3. The predicted octanol–water partition coefficient (Wildman–Crippen LogP) is 5.14. The van der Waals surface area contributed by atoms with Crippen molar-refractivity contribution in [3.8, 4) is 0 Å². The van der Waals surface area contributed by atoms with Gasteiger partial charge in [0.1, 0.15) is 0 Å². The molecule has 0 aliphatic rings. The van der Waals surface area contributed by atoms with Crippen LogP contribution >= 0.6 is 0 Å². The highest BCUT2D eigenvalue weighted by molar-refractivity contribution is 6.44. The van der Waals surface area contributed by atoms with E-state index in [1.165, 1.54) is 12.1 Å². The standard InChI is InChI=1S/C18H30F2O2Si/c1-3-12-21-23(22-13-4-2)14-8-6-5-7-9-16-10-11-17(19)18(20)15-16/h10-11,15,23H,3-9,12-14H2,1-2H3. The molecule has 0 unspecified atom stereocenters. The lowest BCUT2D eigenvalue weighted by atomic mass is 10.1. The second-order valence-corrected chi connectivity index (χ2v) is 7.98. The van der Waals surface area contributed by atoms with Gasteiger partial charge in [-0.15, -0.1) is 0 Å². The highest BCUT2D eigenvalue weighted by Crippen LogP contribution is 2.14. The Morgan fingerprint density at radius 3 is 2.13 bits per heavy atom. The van der Waals surface area contributed by atoms with E-state index in [1.807, 2.05) is 0 Å². The van der Waals surface area contributed by atoms with Gasteiger partial charge >= 0.3 is 9.28 Å². The predicted molar refractivity (Wildman–Crippen MR) is 93.0 cm³/mol. The van der Waals surface area contributed by atoms with Crippen molar-refractivity contribution in [3.05, 3.63) is 35.4 Å². The Kier molecular flexibility index (Phi) is 11.1. The van der Waals surface area contributed by atoms with Gasteiger partial charge in [0.15, 0.2) is 11.6 Å². The fraction of sp³-hybridized carbons (Fsp3) is 0.667. The van der Waals surface area contributed by atoms with Crippen molar-refractivity contribution >= 4 is 9.28 Å². The molecule has 0 heterocycles. The van der Waals surface area contributed by atoms with Crippen molar-refractivity contribution < 1.29 is 17.6 Å². The number of benzene rings is 1. The van der Waals surface area contributed by atoms with Crippen LogP contribution in [0.5, 0.6) is 0 Å².